The number of rotatable bonds is 0. The second-order valence-electron chi connectivity index (χ2n) is 1.99. The van der Waals surface area contributed by atoms with Crippen LogP contribution in [0.25, 0.3) is 0 Å². The van der Waals surface area contributed by atoms with E-state index in [1.54, 1.807) is 11.8 Å². The quantitative estimate of drug-likeness (QED) is 0.530. The molecule has 0 aromatic carbocycles. The highest BCUT2D eigenvalue weighted by atomic mass is 32.2. The van der Waals surface area contributed by atoms with E-state index in [4.69, 9.17) is 0 Å². The number of fused-ring (bicyclic) bond motifs is 1. The summed E-state index contributed by atoms with van der Waals surface area (Å²) in [4.78, 5) is 0. The fourth-order valence-electron chi connectivity index (χ4n) is 0.931. The lowest BCUT2D eigenvalue weighted by molar-refractivity contribution is 0.748. The molecule has 1 aliphatic rings. The first-order valence-electron chi connectivity index (χ1n) is 2.93. The van der Waals surface area contributed by atoms with Crippen LogP contribution >= 0.6 is 11.8 Å². The molecule has 1 nitrogen and oxygen atoms in total. The van der Waals surface area contributed by atoms with Crippen LogP contribution in [0, 0.1) is 0 Å². The van der Waals surface area contributed by atoms with Gasteiger partial charge in [0.25, 0.3) is 0 Å². The van der Waals surface area contributed by atoms with Gasteiger partial charge in [0.05, 0.1) is 5.03 Å². The Kier molecular flexibility index (Phi) is 1.12. The summed E-state index contributed by atoms with van der Waals surface area (Å²) in [6.07, 6.45) is 4.27. The van der Waals surface area contributed by atoms with Gasteiger partial charge in [0.15, 0.2) is 0 Å². The molecule has 0 spiro atoms. The summed E-state index contributed by atoms with van der Waals surface area (Å²) in [5.41, 5.74) is 0. The Balaban J connectivity index is 2.46. The summed E-state index contributed by atoms with van der Waals surface area (Å²) in [7, 11) is 0. The number of hydrogen-bond acceptors (Lipinski definition) is 1. The molecular formula is C7H7NS. The normalized spacial score (nSPS) is 15.6. The van der Waals surface area contributed by atoms with Gasteiger partial charge < -0.3 is 4.57 Å². The van der Waals surface area contributed by atoms with E-state index in [0.717, 1.165) is 6.54 Å². The molecule has 1 aromatic heterocycles. The van der Waals surface area contributed by atoms with E-state index in [0.29, 0.717) is 0 Å². The molecule has 1 aliphatic heterocycles. The van der Waals surface area contributed by atoms with Crippen molar-refractivity contribution < 1.29 is 0 Å². The van der Waals surface area contributed by atoms with Crippen LogP contribution < -0.4 is 0 Å². The minimum atomic E-state index is 1.04. The summed E-state index contributed by atoms with van der Waals surface area (Å²) in [6, 6.07) is 4.21. The molecule has 2 rings (SSSR count). The predicted octanol–water partition coefficient (Wildman–Crippen LogP) is 2.11. The predicted molar refractivity (Wildman–Crippen MR) is 39.4 cm³/mol. The molecule has 9 heavy (non-hydrogen) atoms. The van der Waals surface area contributed by atoms with Crippen molar-refractivity contribution in [3.63, 3.8) is 0 Å². The summed E-state index contributed by atoms with van der Waals surface area (Å²) in [6.45, 7) is 1.04. The highest BCUT2D eigenvalue weighted by Crippen LogP contribution is 2.23. The van der Waals surface area contributed by atoms with Crippen molar-refractivity contribution in [3.05, 3.63) is 29.8 Å². The second kappa shape index (κ2) is 1.95. The SMILES string of the molecule is C1=CSc2cccn2C1. The molecule has 2 heterocycles. The molecule has 0 unspecified atom stereocenters. The van der Waals surface area contributed by atoms with Gasteiger partial charge in [-0.25, -0.2) is 0 Å². The average Bonchev–Trinajstić information content (AvgIpc) is 2.33. The molecule has 0 aliphatic carbocycles. The minimum Gasteiger partial charge on any atom is -0.339 e. The topological polar surface area (TPSA) is 4.93 Å². The average molecular weight is 137 g/mol. The smallest absolute Gasteiger partial charge is 0.0793 e. The van der Waals surface area contributed by atoms with Gasteiger partial charge in [0.2, 0.25) is 0 Å². The third-order valence-electron chi connectivity index (χ3n) is 1.38. The van der Waals surface area contributed by atoms with Crippen LogP contribution in [-0.4, -0.2) is 4.57 Å². The highest BCUT2D eigenvalue weighted by Gasteiger charge is 2.00. The Labute approximate surface area is 58.4 Å². The van der Waals surface area contributed by atoms with Crippen molar-refractivity contribution in [3.8, 4) is 0 Å². The monoisotopic (exact) mass is 137 g/mol. The van der Waals surface area contributed by atoms with Crippen LogP contribution in [0.5, 0.6) is 0 Å². The molecule has 1 aromatic rings. The Morgan fingerprint density at radius 2 is 2.56 bits per heavy atom. The first-order chi connectivity index (χ1) is 4.47. The van der Waals surface area contributed by atoms with E-state index in [-0.39, 0.29) is 0 Å². The van der Waals surface area contributed by atoms with Crippen LogP contribution in [0.1, 0.15) is 0 Å². The van der Waals surface area contributed by atoms with Gasteiger partial charge >= 0.3 is 0 Å². The molecule has 46 valence electrons. The van der Waals surface area contributed by atoms with Crippen molar-refractivity contribution in [2.45, 2.75) is 11.6 Å². The molecule has 0 N–H and O–H groups in total. The Morgan fingerprint density at radius 1 is 1.56 bits per heavy atom. The van der Waals surface area contributed by atoms with Gasteiger partial charge in [0.1, 0.15) is 0 Å². The van der Waals surface area contributed by atoms with Crippen molar-refractivity contribution >= 4 is 11.8 Å². The molecule has 0 fully saturated rings. The van der Waals surface area contributed by atoms with Crippen molar-refractivity contribution in [1.29, 1.82) is 0 Å². The summed E-state index contributed by atoms with van der Waals surface area (Å²) < 4.78 is 2.23. The number of allylic oxidation sites excluding steroid dienone is 1. The van der Waals surface area contributed by atoms with E-state index in [1.165, 1.54) is 5.03 Å². The van der Waals surface area contributed by atoms with Gasteiger partial charge in [-0.2, -0.15) is 0 Å². The zero-order chi connectivity index (χ0) is 6.10. The molecule has 0 amide bonds. The molecule has 2 heteroatoms. The molecule has 0 bridgehead atoms. The van der Waals surface area contributed by atoms with Crippen molar-refractivity contribution in [2.75, 3.05) is 0 Å². The molecular weight excluding hydrogens is 130 g/mol. The summed E-state index contributed by atoms with van der Waals surface area (Å²) in [5.74, 6) is 0. The van der Waals surface area contributed by atoms with Gasteiger partial charge in [-0.3, -0.25) is 0 Å². The fourth-order valence-corrected chi connectivity index (χ4v) is 1.68. The standard InChI is InChI=1S/C7H7NS/c1-3-7-8(4-1)5-2-6-9-7/h1-4,6H,5H2. The Bertz CT molecular complexity index is 214. The third-order valence-corrected chi connectivity index (χ3v) is 2.32. The largest absolute Gasteiger partial charge is 0.339 e. The first kappa shape index (κ1) is 5.18. The number of hydrogen-bond donors (Lipinski definition) is 0. The maximum atomic E-state index is 2.23. The van der Waals surface area contributed by atoms with Crippen molar-refractivity contribution in [2.24, 2.45) is 0 Å². The van der Waals surface area contributed by atoms with E-state index < -0.39 is 0 Å². The zero-order valence-corrected chi connectivity index (χ0v) is 5.77. The van der Waals surface area contributed by atoms with Crippen LogP contribution in [-0.2, 0) is 6.54 Å². The Morgan fingerprint density at radius 3 is 3.44 bits per heavy atom. The van der Waals surface area contributed by atoms with E-state index >= 15 is 0 Å². The molecule has 0 atom stereocenters. The summed E-state index contributed by atoms with van der Waals surface area (Å²) >= 11 is 1.78. The van der Waals surface area contributed by atoms with E-state index in [2.05, 4.69) is 34.4 Å². The zero-order valence-electron chi connectivity index (χ0n) is 4.95. The number of nitrogens with zero attached hydrogens (tertiary/aromatic N) is 1. The molecule has 0 radical (unpaired) electrons. The van der Waals surface area contributed by atoms with Crippen LogP contribution in [0.2, 0.25) is 0 Å². The van der Waals surface area contributed by atoms with E-state index in [1.807, 2.05) is 0 Å². The van der Waals surface area contributed by atoms with Crippen molar-refractivity contribution in [1.82, 2.24) is 4.57 Å². The Hall–Kier alpha value is -0.630. The fraction of sp³-hybridized carbons (Fsp3) is 0.143. The van der Waals surface area contributed by atoms with E-state index in [9.17, 15) is 0 Å². The number of aromatic nitrogens is 1. The molecule has 0 saturated carbocycles. The highest BCUT2D eigenvalue weighted by molar-refractivity contribution is 8.02. The van der Waals surface area contributed by atoms with Gasteiger partial charge in [-0.1, -0.05) is 17.8 Å². The van der Waals surface area contributed by atoms with Gasteiger partial charge in [-0.05, 0) is 17.5 Å². The van der Waals surface area contributed by atoms with Crippen LogP contribution in [0.3, 0.4) is 0 Å². The van der Waals surface area contributed by atoms with Gasteiger partial charge in [0, 0.05) is 12.7 Å². The second-order valence-corrected chi connectivity index (χ2v) is 2.91. The lowest BCUT2D eigenvalue weighted by Gasteiger charge is -2.07. The molecule has 0 saturated heterocycles. The maximum absolute atomic E-state index is 2.23. The number of thioether (sulfide) groups is 1. The lowest BCUT2D eigenvalue weighted by atomic mass is 10.6. The van der Waals surface area contributed by atoms with Gasteiger partial charge in [-0.15, -0.1) is 0 Å². The minimum absolute atomic E-state index is 1.04. The first-order valence-corrected chi connectivity index (χ1v) is 3.81. The van der Waals surface area contributed by atoms with Crippen LogP contribution in [0.4, 0.5) is 0 Å². The summed E-state index contributed by atoms with van der Waals surface area (Å²) in [5, 5.41) is 3.48. The third kappa shape index (κ3) is 0.793. The maximum Gasteiger partial charge on any atom is 0.0793 e. The lowest BCUT2D eigenvalue weighted by Crippen LogP contribution is -1.96. The van der Waals surface area contributed by atoms with Crippen LogP contribution in [0.15, 0.2) is 34.8 Å².